The standard InChI is InChI=1S/C16H22N6.HI/c1-11-5-6-13(9-12(11)2)20-15(17)19-10-14-7-8-18-16(21-14)22(3)4;/h5-9H,10H2,1-4H3,(H3,17,19,20);1H. The fraction of sp³-hybridized carbons (Fsp3) is 0.312. The molecule has 0 aliphatic heterocycles. The highest BCUT2D eigenvalue weighted by Crippen LogP contribution is 2.13. The predicted octanol–water partition coefficient (Wildman–Crippen LogP) is 2.70. The first-order valence-corrected chi connectivity index (χ1v) is 7.09. The van der Waals surface area contributed by atoms with E-state index in [-0.39, 0.29) is 24.0 Å². The van der Waals surface area contributed by atoms with Crippen LogP contribution in [-0.2, 0) is 6.54 Å². The fourth-order valence-corrected chi connectivity index (χ4v) is 1.86. The van der Waals surface area contributed by atoms with Gasteiger partial charge in [-0.25, -0.2) is 15.0 Å². The number of anilines is 2. The van der Waals surface area contributed by atoms with Crippen molar-refractivity contribution in [3.8, 4) is 0 Å². The lowest BCUT2D eigenvalue weighted by Gasteiger charge is -2.10. The molecule has 124 valence electrons. The molecular weight excluding hydrogens is 403 g/mol. The summed E-state index contributed by atoms with van der Waals surface area (Å²) >= 11 is 0. The summed E-state index contributed by atoms with van der Waals surface area (Å²) in [7, 11) is 3.80. The SMILES string of the molecule is Cc1ccc(NC(N)=NCc2ccnc(N(C)C)n2)cc1C.I. The zero-order chi connectivity index (χ0) is 16.1. The molecule has 0 aliphatic carbocycles. The number of nitrogens with two attached hydrogens (primary N) is 1. The van der Waals surface area contributed by atoms with Crippen molar-refractivity contribution >= 4 is 41.6 Å². The number of aliphatic imine (C=N–C) groups is 1. The number of hydrogen-bond donors (Lipinski definition) is 2. The number of rotatable bonds is 4. The van der Waals surface area contributed by atoms with Crippen LogP contribution in [0.1, 0.15) is 16.8 Å². The molecule has 0 unspecified atom stereocenters. The maximum atomic E-state index is 5.92. The van der Waals surface area contributed by atoms with Crippen LogP contribution in [0.25, 0.3) is 0 Å². The predicted molar refractivity (Wildman–Crippen MR) is 107 cm³/mol. The van der Waals surface area contributed by atoms with Crippen molar-refractivity contribution in [1.29, 1.82) is 0 Å². The molecule has 2 rings (SSSR count). The Morgan fingerprint density at radius 1 is 1.22 bits per heavy atom. The third-order valence-corrected chi connectivity index (χ3v) is 3.29. The number of nitrogens with one attached hydrogen (secondary N) is 1. The highest BCUT2D eigenvalue weighted by Gasteiger charge is 2.02. The van der Waals surface area contributed by atoms with Crippen molar-refractivity contribution in [2.75, 3.05) is 24.3 Å². The molecule has 0 atom stereocenters. The van der Waals surface area contributed by atoms with E-state index < -0.39 is 0 Å². The first-order chi connectivity index (χ1) is 10.5. The molecule has 6 nitrogen and oxygen atoms in total. The van der Waals surface area contributed by atoms with Gasteiger partial charge in [-0.1, -0.05) is 6.07 Å². The van der Waals surface area contributed by atoms with Crippen LogP contribution in [0.3, 0.4) is 0 Å². The lowest BCUT2D eigenvalue weighted by atomic mass is 10.1. The Labute approximate surface area is 154 Å². The summed E-state index contributed by atoms with van der Waals surface area (Å²) in [6, 6.07) is 7.92. The van der Waals surface area contributed by atoms with Crippen LogP contribution in [0.4, 0.5) is 11.6 Å². The lowest BCUT2D eigenvalue weighted by Crippen LogP contribution is -2.22. The number of aryl methyl sites for hydroxylation is 2. The Hall–Kier alpha value is -1.90. The molecule has 7 heteroatoms. The van der Waals surface area contributed by atoms with Gasteiger partial charge in [0.15, 0.2) is 5.96 Å². The molecule has 1 aromatic carbocycles. The summed E-state index contributed by atoms with van der Waals surface area (Å²) in [5.74, 6) is 1.03. The van der Waals surface area contributed by atoms with Crippen molar-refractivity contribution in [2.24, 2.45) is 10.7 Å². The van der Waals surface area contributed by atoms with E-state index in [1.165, 1.54) is 11.1 Å². The Bertz CT molecular complexity index is 684. The van der Waals surface area contributed by atoms with Crippen molar-refractivity contribution in [3.05, 3.63) is 47.3 Å². The van der Waals surface area contributed by atoms with E-state index >= 15 is 0 Å². The third-order valence-electron chi connectivity index (χ3n) is 3.29. The minimum Gasteiger partial charge on any atom is -0.370 e. The van der Waals surface area contributed by atoms with Crippen LogP contribution in [0.5, 0.6) is 0 Å². The zero-order valence-electron chi connectivity index (χ0n) is 13.9. The molecule has 0 bridgehead atoms. The molecule has 0 saturated heterocycles. The summed E-state index contributed by atoms with van der Waals surface area (Å²) in [6.45, 7) is 4.55. The molecule has 0 saturated carbocycles. The number of hydrogen-bond acceptors (Lipinski definition) is 4. The highest BCUT2D eigenvalue weighted by molar-refractivity contribution is 14.0. The van der Waals surface area contributed by atoms with Gasteiger partial charge in [0.25, 0.3) is 0 Å². The first kappa shape index (κ1) is 19.1. The van der Waals surface area contributed by atoms with Gasteiger partial charge in [-0.3, -0.25) is 0 Å². The van der Waals surface area contributed by atoms with Gasteiger partial charge in [0.2, 0.25) is 5.95 Å². The van der Waals surface area contributed by atoms with Crippen LogP contribution in [0.2, 0.25) is 0 Å². The van der Waals surface area contributed by atoms with E-state index in [0.717, 1.165) is 11.4 Å². The van der Waals surface area contributed by atoms with E-state index in [2.05, 4.69) is 40.2 Å². The molecule has 1 aromatic heterocycles. The van der Waals surface area contributed by atoms with Crippen molar-refractivity contribution in [3.63, 3.8) is 0 Å². The molecule has 0 fully saturated rings. The van der Waals surface area contributed by atoms with Gasteiger partial charge >= 0.3 is 0 Å². The quantitative estimate of drug-likeness (QED) is 0.447. The number of benzene rings is 1. The molecular formula is C16H23IN6. The summed E-state index contributed by atoms with van der Waals surface area (Å²) in [5.41, 5.74) is 10.1. The second kappa shape index (κ2) is 8.66. The molecule has 0 amide bonds. The van der Waals surface area contributed by atoms with Gasteiger partial charge in [-0.05, 0) is 43.2 Å². The van der Waals surface area contributed by atoms with Gasteiger partial charge in [0, 0.05) is 26.0 Å². The van der Waals surface area contributed by atoms with Gasteiger partial charge in [-0.2, -0.15) is 0 Å². The average Bonchev–Trinajstić information content (AvgIpc) is 2.49. The van der Waals surface area contributed by atoms with Crippen LogP contribution in [0.15, 0.2) is 35.5 Å². The largest absolute Gasteiger partial charge is 0.370 e. The van der Waals surface area contributed by atoms with Crippen molar-refractivity contribution in [2.45, 2.75) is 20.4 Å². The third kappa shape index (κ3) is 5.66. The van der Waals surface area contributed by atoms with Crippen LogP contribution >= 0.6 is 24.0 Å². The van der Waals surface area contributed by atoms with E-state index in [9.17, 15) is 0 Å². The van der Waals surface area contributed by atoms with E-state index in [0.29, 0.717) is 18.5 Å². The van der Waals surface area contributed by atoms with Gasteiger partial charge in [0.1, 0.15) is 0 Å². The topological polar surface area (TPSA) is 79.4 Å². The van der Waals surface area contributed by atoms with Crippen LogP contribution in [0, 0.1) is 13.8 Å². The molecule has 0 spiro atoms. The molecule has 1 heterocycles. The molecule has 0 radical (unpaired) electrons. The van der Waals surface area contributed by atoms with Crippen molar-refractivity contribution < 1.29 is 0 Å². The minimum absolute atomic E-state index is 0. The van der Waals surface area contributed by atoms with Crippen molar-refractivity contribution in [1.82, 2.24) is 9.97 Å². The van der Waals surface area contributed by atoms with Crippen LogP contribution in [-0.4, -0.2) is 30.0 Å². The van der Waals surface area contributed by atoms with E-state index in [1.807, 2.05) is 37.2 Å². The summed E-state index contributed by atoms with van der Waals surface area (Å²) in [6.07, 6.45) is 1.72. The smallest absolute Gasteiger partial charge is 0.225 e. The zero-order valence-corrected chi connectivity index (χ0v) is 16.2. The second-order valence-corrected chi connectivity index (χ2v) is 5.37. The Morgan fingerprint density at radius 2 is 1.96 bits per heavy atom. The molecule has 3 N–H and O–H groups in total. The van der Waals surface area contributed by atoms with Crippen LogP contribution < -0.4 is 16.0 Å². The van der Waals surface area contributed by atoms with Gasteiger partial charge in [-0.15, -0.1) is 24.0 Å². The Morgan fingerprint density at radius 3 is 2.61 bits per heavy atom. The van der Waals surface area contributed by atoms with E-state index in [4.69, 9.17) is 5.73 Å². The van der Waals surface area contributed by atoms with E-state index in [1.54, 1.807) is 6.20 Å². The summed E-state index contributed by atoms with van der Waals surface area (Å²) < 4.78 is 0. The van der Waals surface area contributed by atoms with Gasteiger partial charge < -0.3 is 16.0 Å². The average molecular weight is 426 g/mol. The monoisotopic (exact) mass is 426 g/mol. The fourth-order valence-electron chi connectivity index (χ4n) is 1.86. The molecule has 23 heavy (non-hydrogen) atoms. The second-order valence-electron chi connectivity index (χ2n) is 5.37. The molecule has 0 aliphatic rings. The summed E-state index contributed by atoms with van der Waals surface area (Å²) in [4.78, 5) is 14.7. The number of halogens is 1. The maximum Gasteiger partial charge on any atom is 0.225 e. The normalized spacial score (nSPS) is 10.9. The first-order valence-electron chi connectivity index (χ1n) is 7.09. The number of aromatic nitrogens is 2. The number of guanidine groups is 1. The highest BCUT2D eigenvalue weighted by atomic mass is 127. The minimum atomic E-state index is 0. The number of nitrogens with zero attached hydrogens (tertiary/aromatic N) is 4. The summed E-state index contributed by atoms with van der Waals surface area (Å²) in [5, 5.41) is 3.09. The van der Waals surface area contributed by atoms with Gasteiger partial charge in [0.05, 0.1) is 12.2 Å². The maximum absolute atomic E-state index is 5.92. The Balaban J connectivity index is 0.00000264. The Kier molecular flexibility index (Phi) is 7.21. The molecule has 2 aromatic rings. The lowest BCUT2D eigenvalue weighted by molar-refractivity contribution is 0.921.